The van der Waals surface area contributed by atoms with E-state index in [1.807, 2.05) is 18.2 Å². The zero-order valence-corrected chi connectivity index (χ0v) is 12.7. The fourth-order valence-electron chi connectivity index (χ4n) is 3.42. The lowest BCUT2D eigenvalue weighted by molar-refractivity contribution is 0.321. The molecule has 1 heterocycles. The lowest BCUT2D eigenvalue weighted by Gasteiger charge is -2.37. The number of fused-ring (bicyclic) bond motifs is 1. The summed E-state index contributed by atoms with van der Waals surface area (Å²) in [6.07, 6.45) is 5.15. The van der Waals surface area contributed by atoms with Crippen LogP contribution in [0.2, 0.25) is 0 Å². The van der Waals surface area contributed by atoms with Crippen molar-refractivity contribution in [3.05, 3.63) is 24.3 Å². The lowest BCUT2D eigenvalue weighted by atomic mass is 9.85. The first-order valence-corrected chi connectivity index (χ1v) is 7.67. The number of hydrazine groups is 1. The Morgan fingerprint density at radius 2 is 1.95 bits per heavy atom. The van der Waals surface area contributed by atoms with Crippen molar-refractivity contribution < 1.29 is 0 Å². The highest BCUT2D eigenvalue weighted by molar-refractivity contribution is 5.90. The van der Waals surface area contributed by atoms with Crippen molar-refractivity contribution in [2.75, 3.05) is 17.4 Å². The van der Waals surface area contributed by atoms with E-state index in [4.69, 9.17) is 5.84 Å². The standard InChI is InChI=1S/C16H23N5/c1-11-7-3-6-10-14(11)21(2)15-12-8-4-5-9-13(12)18-16(19-15)20-17/h4-5,8-9,11,14H,3,6-7,10,17H2,1-2H3,(H,18,19,20). The van der Waals surface area contributed by atoms with Gasteiger partial charge in [0, 0.05) is 18.5 Å². The highest BCUT2D eigenvalue weighted by Crippen LogP contribution is 2.33. The summed E-state index contributed by atoms with van der Waals surface area (Å²) in [4.78, 5) is 11.3. The van der Waals surface area contributed by atoms with Crippen molar-refractivity contribution in [3.63, 3.8) is 0 Å². The van der Waals surface area contributed by atoms with Gasteiger partial charge in [-0.15, -0.1) is 0 Å². The highest BCUT2D eigenvalue weighted by atomic mass is 15.3. The van der Waals surface area contributed by atoms with Crippen LogP contribution in [0.1, 0.15) is 32.6 Å². The zero-order valence-electron chi connectivity index (χ0n) is 12.7. The van der Waals surface area contributed by atoms with Crippen LogP contribution in [-0.4, -0.2) is 23.1 Å². The van der Waals surface area contributed by atoms with E-state index in [0.29, 0.717) is 17.9 Å². The molecule has 5 nitrogen and oxygen atoms in total. The van der Waals surface area contributed by atoms with Gasteiger partial charge in [0.25, 0.3) is 0 Å². The fourth-order valence-corrected chi connectivity index (χ4v) is 3.42. The molecule has 0 amide bonds. The maximum absolute atomic E-state index is 5.52. The molecule has 2 unspecified atom stereocenters. The summed E-state index contributed by atoms with van der Waals surface area (Å²) in [5.41, 5.74) is 3.50. The molecule has 0 spiro atoms. The van der Waals surface area contributed by atoms with Gasteiger partial charge in [-0.1, -0.05) is 31.9 Å². The van der Waals surface area contributed by atoms with Crippen molar-refractivity contribution in [1.29, 1.82) is 0 Å². The quantitative estimate of drug-likeness (QED) is 0.670. The minimum atomic E-state index is 0.471. The molecule has 1 aromatic carbocycles. The molecule has 2 aromatic rings. The molecular weight excluding hydrogens is 262 g/mol. The van der Waals surface area contributed by atoms with Crippen LogP contribution in [0, 0.1) is 5.92 Å². The maximum Gasteiger partial charge on any atom is 0.239 e. The fraction of sp³-hybridized carbons (Fsp3) is 0.500. The number of nitrogen functional groups attached to an aromatic ring is 1. The molecule has 0 bridgehead atoms. The van der Waals surface area contributed by atoms with Crippen molar-refractivity contribution in [1.82, 2.24) is 9.97 Å². The predicted octanol–water partition coefficient (Wildman–Crippen LogP) is 2.93. The van der Waals surface area contributed by atoms with Crippen LogP contribution in [0.15, 0.2) is 24.3 Å². The van der Waals surface area contributed by atoms with Gasteiger partial charge in [-0.25, -0.2) is 10.8 Å². The largest absolute Gasteiger partial charge is 0.356 e. The molecule has 1 aliphatic carbocycles. The number of benzene rings is 1. The minimum Gasteiger partial charge on any atom is -0.356 e. The second kappa shape index (κ2) is 5.85. The number of aromatic nitrogens is 2. The third-order valence-electron chi connectivity index (χ3n) is 4.61. The van der Waals surface area contributed by atoms with Crippen molar-refractivity contribution in [2.24, 2.45) is 11.8 Å². The number of nitrogens with two attached hydrogens (primary N) is 1. The van der Waals surface area contributed by atoms with Gasteiger partial charge in [0.1, 0.15) is 5.82 Å². The van der Waals surface area contributed by atoms with Gasteiger partial charge in [0.15, 0.2) is 0 Å². The summed E-state index contributed by atoms with van der Waals surface area (Å²) in [6, 6.07) is 8.63. The minimum absolute atomic E-state index is 0.471. The summed E-state index contributed by atoms with van der Waals surface area (Å²) < 4.78 is 0. The van der Waals surface area contributed by atoms with Crippen molar-refractivity contribution in [3.8, 4) is 0 Å². The topological polar surface area (TPSA) is 67.1 Å². The van der Waals surface area contributed by atoms with Crippen LogP contribution in [-0.2, 0) is 0 Å². The average Bonchev–Trinajstić information content (AvgIpc) is 2.53. The third-order valence-corrected chi connectivity index (χ3v) is 4.61. The van der Waals surface area contributed by atoms with E-state index >= 15 is 0 Å². The number of nitrogens with one attached hydrogen (secondary N) is 1. The van der Waals surface area contributed by atoms with Gasteiger partial charge in [-0.2, -0.15) is 4.98 Å². The van der Waals surface area contributed by atoms with Gasteiger partial charge < -0.3 is 4.90 Å². The number of nitrogens with zero attached hydrogens (tertiary/aromatic N) is 3. The Labute approximate surface area is 125 Å². The molecule has 0 saturated heterocycles. The summed E-state index contributed by atoms with van der Waals surface area (Å²) >= 11 is 0. The molecule has 1 fully saturated rings. The molecule has 2 atom stereocenters. The van der Waals surface area contributed by atoms with Crippen LogP contribution in [0.4, 0.5) is 11.8 Å². The number of hydrogen-bond donors (Lipinski definition) is 2. The Kier molecular flexibility index (Phi) is 3.92. The van der Waals surface area contributed by atoms with E-state index in [1.165, 1.54) is 25.7 Å². The van der Waals surface area contributed by atoms with E-state index in [2.05, 4.69) is 40.3 Å². The maximum atomic E-state index is 5.52. The summed E-state index contributed by atoms with van der Waals surface area (Å²) in [6.45, 7) is 2.34. The summed E-state index contributed by atoms with van der Waals surface area (Å²) in [5, 5.41) is 1.08. The molecule has 5 heteroatoms. The Hall–Kier alpha value is -1.88. The molecule has 1 saturated carbocycles. The molecule has 21 heavy (non-hydrogen) atoms. The van der Waals surface area contributed by atoms with Gasteiger partial charge in [-0.3, -0.25) is 5.43 Å². The van der Waals surface area contributed by atoms with Crippen LogP contribution < -0.4 is 16.2 Å². The first-order chi connectivity index (χ1) is 10.2. The van der Waals surface area contributed by atoms with Gasteiger partial charge >= 0.3 is 0 Å². The number of hydrogen-bond acceptors (Lipinski definition) is 5. The number of para-hydroxylation sites is 1. The molecule has 0 aliphatic heterocycles. The highest BCUT2D eigenvalue weighted by Gasteiger charge is 2.27. The first-order valence-electron chi connectivity index (χ1n) is 7.67. The second-order valence-electron chi connectivity index (χ2n) is 5.97. The van der Waals surface area contributed by atoms with Gasteiger partial charge in [-0.05, 0) is 30.9 Å². The number of rotatable bonds is 3. The lowest BCUT2D eigenvalue weighted by Crippen LogP contribution is -2.39. The SMILES string of the molecule is CC1CCCCC1N(C)c1nc(NN)nc2ccccc12. The number of anilines is 2. The molecule has 3 rings (SSSR count). The van der Waals surface area contributed by atoms with Crippen LogP contribution in [0.25, 0.3) is 10.9 Å². The van der Waals surface area contributed by atoms with E-state index in [1.54, 1.807) is 0 Å². The smallest absolute Gasteiger partial charge is 0.239 e. The summed E-state index contributed by atoms with van der Waals surface area (Å²) in [7, 11) is 2.14. The van der Waals surface area contributed by atoms with Crippen LogP contribution >= 0.6 is 0 Å². The Bertz CT molecular complexity index is 627. The van der Waals surface area contributed by atoms with E-state index in [0.717, 1.165) is 16.7 Å². The van der Waals surface area contributed by atoms with Gasteiger partial charge in [0.2, 0.25) is 5.95 Å². The molecule has 3 N–H and O–H groups in total. The van der Waals surface area contributed by atoms with Crippen LogP contribution in [0.3, 0.4) is 0 Å². The average molecular weight is 285 g/mol. The molecule has 0 radical (unpaired) electrons. The Balaban J connectivity index is 2.05. The van der Waals surface area contributed by atoms with E-state index in [9.17, 15) is 0 Å². The second-order valence-corrected chi connectivity index (χ2v) is 5.97. The monoisotopic (exact) mass is 285 g/mol. The van der Waals surface area contributed by atoms with Gasteiger partial charge in [0.05, 0.1) is 5.52 Å². The normalized spacial score (nSPS) is 22.2. The molecular formula is C16H23N5. The van der Waals surface area contributed by atoms with Crippen molar-refractivity contribution >= 4 is 22.7 Å². The summed E-state index contributed by atoms with van der Waals surface area (Å²) in [5.74, 6) is 7.65. The molecule has 112 valence electrons. The van der Waals surface area contributed by atoms with E-state index < -0.39 is 0 Å². The van der Waals surface area contributed by atoms with Crippen molar-refractivity contribution in [2.45, 2.75) is 38.6 Å². The molecule has 1 aromatic heterocycles. The first kappa shape index (κ1) is 14.1. The van der Waals surface area contributed by atoms with Crippen LogP contribution in [0.5, 0.6) is 0 Å². The third kappa shape index (κ3) is 2.65. The zero-order chi connectivity index (χ0) is 14.8. The Morgan fingerprint density at radius 1 is 1.19 bits per heavy atom. The molecule has 1 aliphatic rings. The Morgan fingerprint density at radius 3 is 2.71 bits per heavy atom. The van der Waals surface area contributed by atoms with E-state index in [-0.39, 0.29) is 0 Å². The predicted molar refractivity (Wildman–Crippen MR) is 87.2 cm³/mol.